The minimum atomic E-state index is -1.83. The van der Waals surface area contributed by atoms with E-state index in [4.69, 9.17) is 23.7 Å². The van der Waals surface area contributed by atoms with Crippen molar-refractivity contribution in [1.29, 1.82) is 0 Å². The second-order valence-electron chi connectivity index (χ2n) is 9.75. The normalized spacial score (nSPS) is 45.0. The molecule has 0 aliphatic carbocycles. The molecule has 0 bridgehead atoms. The number of ether oxygens (including phenoxy) is 5. The molecule has 226 valence electrons. The van der Waals surface area contributed by atoms with E-state index >= 15 is 0 Å². The van der Waals surface area contributed by atoms with Crippen molar-refractivity contribution in [3.8, 4) is 0 Å². The van der Waals surface area contributed by atoms with E-state index in [2.05, 4.69) is 10.6 Å². The number of carbonyl (C=O) groups is 2. The molecule has 3 aliphatic heterocycles. The van der Waals surface area contributed by atoms with Crippen molar-refractivity contribution in [2.24, 2.45) is 0 Å². The standard InChI is InChI=1S/C22H38N2O15/c1-7(27)23-9-3-10(29)13(36-20(9)34)6-35-21-14(24-8(2)28)19(16(31)12(5-26)37-21)39-22-18(33)17(32)15(30)11(4-25)38-22/h9-22,25-26,29-34H,3-6H2,1-2H3,(H,23,27)(H,24,28)/t9-,10-,11-,12-,13-,14-,15+,16-,17+,18-,19-,20?,21-,22+/m1/s1. The lowest BCUT2D eigenvalue weighted by atomic mass is 9.95. The number of aliphatic hydroxyl groups is 8. The van der Waals surface area contributed by atoms with Crippen molar-refractivity contribution < 1.29 is 74.1 Å². The average molecular weight is 571 g/mol. The molecule has 0 aromatic rings. The van der Waals surface area contributed by atoms with Crippen LogP contribution < -0.4 is 10.6 Å². The Labute approximate surface area is 223 Å². The number of aliphatic hydroxyl groups excluding tert-OH is 8. The Morgan fingerprint density at radius 3 is 1.95 bits per heavy atom. The highest BCUT2D eigenvalue weighted by atomic mass is 16.7. The molecule has 17 heteroatoms. The fourth-order valence-electron chi connectivity index (χ4n) is 4.72. The minimum absolute atomic E-state index is 0.0593. The molecule has 14 atom stereocenters. The van der Waals surface area contributed by atoms with Gasteiger partial charge in [-0.15, -0.1) is 0 Å². The van der Waals surface area contributed by atoms with E-state index in [1.807, 2.05) is 0 Å². The maximum Gasteiger partial charge on any atom is 0.217 e. The van der Waals surface area contributed by atoms with Crippen LogP contribution in [0.25, 0.3) is 0 Å². The summed E-state index contributed by atoms with van der Waals surface area (Å²) in [5.74, 6) is -1.05. The fraction of sp³-hybridized carbons (Fsp3) is 0.909. The highest BCUT2D eigenvalue weighted by Gasteiger charge is 2.52. The number of nitrogens with one attached hydrogen (secondary N) is 2. The van der Waals surface area contributed by atoms with Crippen LogP contribution in [-0.4, -0.2) is 158 Å². The predicted molar refractivity (Wildman–Crippen MR) is 123 cm³/mol. The lowest BCUT2D eigenvalue weighted by Gasteiger charge is -2.47. The van der Waals surface area contributed by atoms with Crippen LogP contribution in [0.2, 0.25) is 0 Å². The van der Waals surface area contributed by atoms with Gasteiger partial charge in [0.05, 0.1) is 32.0 Å². The third kappa shape index (κ3) is 7.59. The largest absolute Gasteiger partial charge is 0.394 e. The Balaban J connectivity index is 1.76. The number of amides is 2. The lowest BCUT2D eigenvalue weighted by molar-refractivity contribution is -0.347. The van der Waals surface area contributed by atoms with Crippen molar-refractivity contribution in [3.63, 3.8) is 0 Å². The zero-order valence-electron chi connectivity index (χ0n) is 21.3. The van der Waals surface area contributed by atoms with E-state index < -0.39 is 118 Å². The van der Waals surface area contributed by atoms with Crippen LogP contribution in [0.3, 0.4) is 0 Å². The van der Waals surface area contributed by atoms with E-state index in [9.17, 15) is 50.4 Å². The van der Waals surface area contributed by atoms with Crippen LogP contribution in [0.4, 0.5) is 0 Å². The van der Waals surface area contributed by atoms with E-state index in [1.54, 1.807) is 0 Å². The third-order valence-electron chi connectivity index (χ3n) is 6.76. The molecule has 17 nitrogen and oxygen atoms in total. The Morgan fingerprint density at radius 2 is 1.36 bits per heavy atom. The van der Waals surface area contributed by atoms with Crippen molar-refractivity contribution in [3.05, 3.63) is 0 Å². The van der Waals surface area contributed by atoms with E-state index in [0.717, 1.165) is 6.92 Å². The topological polar surface area (TPSA) is 266 Å². The highest BCUT2D eigenvalue weighted by molar-refractivity contribution is 5.73. The summed E-state index contributed by atoms with van der Waals surface area (Å²) in [6.07, 6.45) is -18.0. The van der Waals surface area contributed by atoms with E-state index in [1.165, 1.54) is 6.92 Å². The molecule has 3 aliphatic rings. The van der Waals surface area contributed by atoms with Gasteiger partial charge >= 0.3 is 0 Å². The SMILES string of the molecule is CC(=O)N[C@H]1[C@H](OC[C@H]2OC(O)[C@H](NC(C)=O)C[C@H]2O)O[C@H](CO)[C@@H](O)[C@@H]1O[C@@H]1O[C@H](CO)[C@H](O)[C@H](O)[C@H]1O. The zero-order chi connectivity index (χ0) is 29.0. The van der Waals surface area contributed by atoms with Crippen molar-refractivity contribution >= 4 is 11.8 Å². The summed E-state index contributed by atoms with van der Waals surface area (Å²) in [6, 6.07) is -2.18. The van der Waals surface area contributed by atoms with Crippen molar-refractivity contribution in [1.82, 2.24) is 10.6 Å². The molecule has 0 aromatic heterocycles. The van der Waals surface area contributed by atoms with Gasteiger partial charge in [0.15, 0.2) is 18.9 Å². The van der Waals surface area contributed by atoms with Gasteiger partial charge in [0.2, 0.25) is 11.8 Å². The molecule has 2 amide bonds. The number of rotatable bonds is 9. The number of hydrogen-bond acceptors (Lipinski definition) is 15. The molecule has 10 N–H and O–H groups in total. The Morgan fingerprint density at radius 1 is 0.769 bits per heavy atom. The highest BCUT2D eigenvalue weighted by Crippen LogP contribution is 2.30. The summed E-state index contributed by atoms with van der Waals surface area (Å²) in [6.45, 7) is 0.513. The van der Waals surface area contributed by atoms with Gasteiger partial charge in [0.1, 0.15) is 54.9 Å². The van der Waals surface area contributed by atoms with Crippen molar-refractivity contribution in [2.45, 2.75) is 106 Å². The molecule has 0 saturated carbocycles. The second kappa shape index (κ2) is 13.9. The van der Waals surface area contributed by atoms with E-state index in [0.29, 0.717) is 0 Å². The van der Waals surface area contributed by atoms with Gasteiger partial charge in [-0.25, -0.2) is 0 Å². The van der Waals surface area contributed by atoms with Crippen LogP contribution in [0.5, 0.6) is 0 Å². The summed E-state index contributed by atoms with van der Waals surface area (Å²) < 4.78 is 27.8. The van der Waals surface area contributed by atoms with Crippen LogP contribution in [0, 0.1) is 0 Å². The minimum Gasteiger partial charge on any atom is -0.394 e. The first kappa shape index (κ1) is 31.9. The molecule has 0 radical (unpaired) electrons. The fourth-order valence-corrected chi connectivity index (χ4v) is 4.72. The quantitative estimate of drug-likeness (QED) is 0.124. The molecular formula is C22H38N2O15. The molecule has 3 fully saturated rings. The van der Waals surface area contributed by atoms with Gasteiger partial charge in [-0.1, -0.05) is 0 Å². The smallest absolute Gasteiger partial charge is 0.217 e. The first-order valence-corrected chi connectivity index (χ1v) is 12.5. The number of carbonyl (C=O) groups excluding carboxylic acids is 2. The van der Waals surface area contributed by atoms with Crippen LogP contribution in [-0.2, 0) is 33.3 Å². The third-order valence-corrected chi connectivity index (χ3v) is 6.76. The van der Waals surface area contributed by atoms with Crippen LogP contribution in [0.15, 0.2) is 0 Å². The van der Waals surface area contributed by atoms with Gasteiger partial charge in [0.25, 0.3) is 0 Å². The van der Waals surface area contributed by atoms with Crippen molar-refractivity contribution in [2.75, 3.05) is 19.8 Å². The van der Waals surface area contributed by atoms with Gasteiger partial charge in [-0.05, 0) is 0 Å². The monoisotopic (exact) mass is 570 g/mol. The first-order chi connectivity index (χ1) is 18.4. The second-order valence-corrected chi connectivity index (χ2v) is 9.75. The average Bonchev–Trinajstić information content (AvgIpc) is 2.87. The van der Waals surface area contributed by atoms with Gasteiger partial charge < -0.3 is 75.2 Å². The molecule has 1 unspecified atom stereocenters. The molecule has 0 spiro atoms. The van der Waals surface area contributed by atoms with Crippen LogP contribution in [0.1, 0.15) is 20.3 Å². The summed E-state index contributed by atoms with van der Waals surface area (Å²) in [5.41, 5.74) is 0. The first-order valence-electron chi connectivity index (χ1n) is 12.5. The predicted octanol–water partition coefficient (Wildman–Crippen LogP) is -6.26. The number of hydrogen-bond donors (Lipinski definition) is 10. The maximum atomic E-state index is 12.0. The summed E-state index contributed by atoms with van der Waals surface area (Å²) >= 11 is 0. The molecule has 3 heterocycles. The Bertz CT molecular complexity index is 820. The molecule has 39 heavy (non-hydrogen) atoms. The van der Waals surface area contributed by atoms with E-state index in [-0.39, 0.29) is 6.42 Å². The van der Waals surface area contributed by atoms with Gasteiger partial charge in [0, 0.05) is 20.3 Å². The zero-order valence-corrected chi connectivity index (χ0v) is 21.3. The lowest BCUT2D eigenvalue weighted by Crippen LogP contribution is -2.68. The van der Waals surface area contributed by atoms with Crippen LogP contribution >= 0.6 is 0 Å². The molecular weight excluding hydrogens is 532 g/mol. The summed E-state index contributed by atoms with van der Waals surface area (Å²) in [5, 5.41) is 86.1. The maximum absolute atomic E-state index is 12.0. The molecule has 0 aromatic carbocycles. The Kier molecular flexibility index (Phi) is 11.4. The molecule has 3 rings (SSSR count). The van der Waals surface area contributed by atoms with Gasteiger partial charge in [-0.3, -0.25) is 9.59 Å². The summed E-state index contributed by atoms with van der Waals surface area (Å²) in [7, 11) is 0. The summed E-state index contributed by atoms with van der Waals surface area (Å²) in [4.78, 5) is 23.3. The molecule has 3 saturated heterocycles. The van der Waals surface area contributed by atoms with Gasteiger partial charge in [-0.2, -0.15) is 0 Å². The Hall–Kier alpha value is -1.58.